The topological polar surface area (TPSA) is 153 Å². The van der Waals surface area contributed by atoms with Crippen molar-refractivity contribution in [3.05, 3.63) is 65.0 Å². The Hall–Kier alpha value is -3.55. The average molecular weight is 676 g/mol. The Morgan fingerprint density at radius 1 is 1.02 bits per heavy atom. The lowest BCUT2D eigenvalue weighted by Crippen LogP contribution is -2.60. The molecular formula is C34H50FN5O6S. The van der Waals surface area contributed by atoms with Gasteiger partial charge in [0.05, 0.1) is 12.3 Å². The van der Waals surface area contributed by atoms with Gasteiger partial charge in [0.1, 0.15) is 23.7 Å². The quantitative estimate of drug-likeness (QED) is 0.331. The van der Waals surface area contributed by atoms with E-state index in [0.717, 1.165) is 11.8 Å². The van der Waals surface area contributed by atoms with Crippen molar-refractivity contribution in [2.45, 2.75) is 77.4 Å². The van der Waals surface area contributed by atoms with Crippen LogP contribution < -0.4 is 11.1 Å². The van der Waals surface area contributed by atoms with Crippen molar-refractivity contribution in [2.24, 2.45) is 11.7 Å². The molecule has 260 valence electrons. The number of hydrogen-bond donors (Lipinski definition) is 3. The highest BCUT2D eigenvalue weighted by molar-refractivity contribution is 7.88. The molecule has 13 heteroatoms. The van der Waals surface area contributed by atoms with Crippen molar-refractivity contribution in [1.82, 2.24) is 19.4 Å². The Bertz CT molecular complexity index is 1530. The van der Waals surface area contributed by atoms with Crippen LogP contribution >= 0.6 is 0 Å². The summed E-state index contributed by atoms with van der Waals surface area (Å²) in [7, 11) is -1.90. The number of likely N-dealkylation sites (N-methyl/N-ethyl adjacent to an activating group) is 1. The molecule has 0 aromatic heterocycles. The third-order valence-corrected chi connectivity index (χ3v) is 10.2. The number of piperazine rings is 1. The summed E-state index contributed by atoms with van der Waals surface area (Å²) >= 11 is 0. The van der Waals surface area contributed by atoms with E-state index >= 15 is 0 Å². The van der Waals surface area contributed by atoms with Crippen molar-refractivity contribution in [3.63, 3.8) is 0 Å². The number of phenolic OH excluding ortho intramolecular Hbond substituents is 1. The molecule has 1 unspecified atom stereocenters. The molecule has 3 rings (SSSR count). The van der Waals surface area contributed by atoms with Gasteiger partial charge in [-0.1, -0.05) is 65.8 Å². The molecule has 1 aliphatic heterocycles. The van der Waals surface area contributed by atoms with Gasteiger partial charge in [-0.25, -0.2) is 12.8 Å². The minimum Gasteiger partial charge on any atom is -0.508 e. The molecule has 1 heterocycles. The monoisotopic (exact) mass is 675 g/mol. The van der Waals surface area contributed by atoms with Crippen molar-refractivity contribution in [3.8, 4) is 5.75 Å². The number of phenols is 1. The summed E-state index contributed by atoms with van der Waals surface area (Å²) in [5.41, 5.74) is 8.00. The van der Waals surface area contributed by atoms with E-state index < -0.39 is 51.7 Å². The first-order valence-electron chi connectivity index (χ1n) is 15.9. The molecular weight excluding hydrogens is 625 g/mol. The van der Waals surface area contributed by atoms with E-state index in [4.69, 9.17) is 5.73 Å². The number of halogens is 1. The van der Waals surface area contributed by atoms with Gasteiger partial charge in [0.2, 0.25) is 27.7 Å². The second-order valence-corrected chi connectivity index (χ2v) is 15.8. The van der Waals surface area contributed by atoms with E-state index in [-0.39, 0.29) is 55.6 Å². The maximum Gasteiger partial charge on any atom is 0.245 e. The molecule has 0 saturated carbocycles. The van der Waals surface area contributed by atoms with E-state index in [1.165, 1.54) is 28.4 Å². The molecule has 0 spiro atoms. The highest BCUT2D eigenvalue weighted by Gasteiger charge is 2.38. The van der Waals surface area contributed by atoms with Gasteiger partial charge in [0, 0.05) is 45.6 Å². The van der Waals surface area contributed by atoms with Crippen LogP contribution in [0.25, 0.3) is 0 Å². The number of rotatable bonds is 11. The number of carbonyl (C=O) groups is 3. The molecule has 4 atom stereocenters. The summed E-state index contributed by atoms with van der Waals surface area (Å²) in [4.78, 5) is 44.5. The van der Waals surface area contributed by atoms with Crippen LogP contribution in [0.1, 0.15) is 64.2 Å². The van der Waals surface area contributed by atoms with Crippen LogP contribution in [-0.4, -0.2) is 103 Å². The Kier molecular flexibility index (Phi) is 12.2. The summed E-state index contributed by atoms with van der Waals surface area (Å²) in [5.74, 6) is -2.52. The largest absolute Gasteiger partial charge is 0.508 e. The molecule has 2 aromatic carbocycles. The molecule has 1 fully saturated rings. The molecule has 1 saturated heterocycles. The van der Waals surface area contributed by atoms with Crippen LogP contribution in [0.2, 0.25) is 0 Å². The first-order valence-corrected chi connectivity index (χ1v) is 17.7. The molecule has 1 aliphatic rings. The lowest BCUT2D eigenvalue weighted by molar-refractivity contribution is -0.147. The summed E-state index contributed by atoms with van der Waals surface area (Å²) in [5, 5.41) is 13.3. The summed E-state index contributed by atoms with van der Waals surface area (Å²) in [6.07, 6.45) is 1.25. The van der Waals surface area contributed by atoms with E-state index in [1.54, 1.807) is 49.9 Å². The van der Waals surface area contributed by atoms with Crippen LogP contribution in [0.15, 0.2) is 42.5 Å². The van der Waals surface area contributed by atoms with E-state index in [0.29, 0.717) is 11.1 Å². The van der Waals surface area contributed by atoms with Crippen molar-refractivity contribution in [2.75, 3.05) is 39.5 Å². The van der Waals surface area contributed by atoms with Gasteiger partial charge in [-0.2, -0.15) is 4.31 Å². The highest BCUT2D eigenvalue weighted by atomic mass is 32.2. The Morgan fingerprint density at radius 2 is 1.60 bits per heavy atom. The predicted molar refractivity (Wildman–Crippen MR) is 180 cm³/mol. The number of sulfonamides is 1. The lowest BCUT2D eigenvalue weighted by Gasteiger charge is -2.39. The maximum atomic E-state index is 14.1. The zero-order valence-corrected chi connectivity index (χ0v) is 29.5. The van der Waals surface area contributed by atoms with Gasteiger partial charge >= 0.3 is 0 Å². The summed E-state index contributed by atoms with van der Waals surface area (Å²) < 4.78 is 38.9. The maximum absolute atomic E-state index is 14.1. The number of carbonyl (C=O) groups excluding carboxylic acids is 3. The number of benzene rings is 2. The normalized spacial score (nSPS) is 17.1. The summed E-state index contributed by atoms with van der Waals surface area (Å²) in [6, 6.07) is 7.79. The molecule has 47 heavy (non-hydrogen) atoms. The van der Waals surface area contributed by atoms with Crippen LogP contribution in [0.3, 0.4) is 0 Å². The molecule has 2 aromatic rings. The number of amides is 3. The first-order chi connectivity index (χ1) is 21.7. The number of aromatic hydroxyl groups is 1. The molecule has 0 aliphatic carbocycles. The second-order valence-electron chi connectivity index (χ2n) is 13.9. The fourth-order valence-electron chi connectivity index (χ4n) is 5.71. The standard InChI is InChI=1S/C34H50FN5O6S/c1-21(2)30(37-31(42)29(36)22(3)24-10-12-25(35)13-11-24)33(44)38(7)27(20-23-9-14-28(41)26(19-23)34(4,5)6)32(43)39-15-17-40(18-16-39)47(8,45)46/h9-14,19,21-22,27,29-30,41H,15-18,20,36H2,1-8H3,(H,37,42)/t22?,27-,29-,30-/m0/s1. The SMILES string of the molecule is CC(c1ccc(F)cc1)[C@H](N)C(=O)N[C@H](C(=O)N(C)[C@@H](Cc1ccc(O)c(C(C)(C)C)c1)C(=O)N1CCN(S(C)(=O)=O)CC1)C(C)C. The minimum absolute atomic E-state index is 0.122. The van der Waals surface area contributed by atoms with E-state index in [1.807, 2.05) is 26.8 Å². The fraction of sp³-hybridized carbons (Fsp3) is 0.559. The van der Waals surface area contributed by atoms with E-state index in [9.17, 15) is 32.3 Å². The van der Waals surface area contributed by atoms with Gasteiger partial charge in [0.25, 0.3) is 0 Å². The van der Waals surface area contributed by atoms with Gasteiger partial charge in [-0.05, 0) is 46.2 Å². The molecule has 0 bridgehead atoms. The fourth-order valence-corrected chi connectivity index (χ4v) is 6.54. The number of nitrogens with one attached hydrogen (secondary N) is 1. The Balaban J connectivity index is 1.90. The Morgan fingerprint density at radius 3 is 2.11 bits per heavy atom. The highest BCUT2D eigenvalue weighted by Crippen LogP contribution is 2.32. The second kappa shape index (κ2) is 15.1. The smallest absolute Gasteiger partial charge is 0.245 e. The predicted octanol–water partition coefficient (Wildman–Crippen LogP) is 2.57. The van der Waals surface area contributed by atoms with Gasteiger partial charge < -0.3 is 26.0 Å². The number of hydrogen-bond acceptors (Lipinski definition) is 7. The van der Waals surface area contributed by atoms with Crippen LogP contribution in [0, 0.1) is 11.7 Å². The molecule has 4 N–H and O–H groups in total. The van der Waals surface area contributed by atoms with Gasteiger partial charge in [-0.15, -0.1) is 0 Å². The van der Waals surface area contributed by atoms with E-state index in [2.05, 4.69) is 5.32 Å². The van der Waals surface area contributed by atoms with Crippen molar-refractivity contribution in [1.29, 1.82) is 0 Å². The molecule has 11 nitrogen and oxygen atoms in total. The first kappa shape index (κ1) is 37.9. The van der Waals surface area contributed by atoms with Crippen LogP contribution in [-0.2, 0) is 36.2 Å². The molecule has 0 radical (unpaired) electrons. The van der Waals surface area contributed by atoms with Crippen LogP contribution in [0.4, 0.5) is 4.39 Å². The Labute approximate surface area is 278 Å². The molecule has 3 amide bonds. The lowest BCUT2D eigenvalue weighted by atomic mass is 9.84. The third kappa shape index (κ3) is 9.51. The van der Waals surface area contributed by atoms with Crippen LogP contribution in [0.5, 0.6) is 5.75 Å². The van der Waals surface area contributed by atoms with Gasteiger partial charge in [0.15, 0.2) is 0 Å². The number of nitrogens with zero attached hydrogens (tertiary/aromatic N) is 3. The minimum atomic E-state index is -3.42. The zero-order valence-electron chi connectivity index (χ0n) is 28.7. The van der Waals surface area contributed by atoms with Crippen molar-refractivity contribution >= 4 is 27.7 Å². The number of nitrogens with two attached hydrogens (primary N) is 1. The van der Waals surface area contributed by atoms with Crippen molar-refractivity contribution < 1.29 is 32.3 Å². The van der Waals surface area contributed by atoms with Gasteiger partial charge in [-0.3, -0.25) is 14.4 Å². The zero-order chi connectivity index (χ0) is 35.4. The summed E-state index contributed by atoms with van der Waals surface area (Å²) in [6.45, 7) is 11.8. The average Bonchev–Trinajstić information content (AvgIpc) is 3.00. The third-order valence-electron chi connectivity index (χ3n) is 8.89.